The quantitative estimate of drug-likeness (QED) is 0.561. The van der Waals surface area contributed by atoms with Gasteiger partial charge in [0.1, 0.15) is 5.82 Å². The molecule has 0 aromatic heterocycles. The van der Waals surface area contributed by atoms with Gasteiger partial charge in [0, 0.05) is 18.6 Å². The minimum Gasteiger partial charge on any atom is -0.423 e. The van der Waals surface area contributed by atoms with E-state index in [1.54, 1.807) is 24.9 Å². The van der Waals surface area contributed by atoms with Gasteiger partial charge in [-0.25, -0.2) is 4.39 Å². The lowest BCUT2D eigenvalue weighted by Crippen LogP contribution is -2.30. The smallest absolute Gasteiger partial charge is 0.423 e. The van der Waals surface area contributed by atoms with Crippen LogP contribution in [0.2, 0.25) is 0 Å². The summed E-state index contributed by atoms with van der Waals surface area (Å²) < 4.78 is 18.0. The van der Waals surface area contributed by atoms with E-state index < -0.39 is 12.9 Å². The second-order valence-corrected chi connectivity index (χ2v) is 4.42. The number of rotatable bonds is 6. The lowest BCUT2D eigenvalue weighted by molar-refractivity contribution is 0.218. The van der Waals surface area contributed by atoms with Gasteiger partial charge in [0.2, 0.25) is 0 Å². The van der Waals surface area contributed by atoms with Crippen molar-refractivity contribution in [1.29, 1.82) is 0 Å². The molecule has 16 heavy (non-hydrogen) atoms. The van der Waals surface area contributed by atoms with Crippen molar-refractivity contribution < 1.29 is 19.2 Å². The van der Waals surface area contributed by atoms with Crippen molar-refractivity contribution in [3.8, 4) is 0 Å². The Balaban J connectivity index is 2.58. The average molecular weight is 244 g/mol. The minimum absolute atomic E-state index is 0.183. The summed E-state index contributed by atoms with van der Waals surface area (Å²) in [6, 6.07) is 4.10. The zero-order chi connectivity index (χ0) is 12.0. The lowest BCUT2D eigenvalue weighted by atomic mass is 9.79. The van der Waals surface area contributed by atoms with Gasteiger partial charge < -0.3 is 14.8 Å². The van der Waals surface area contributed by atoms with E-state index >= 15 is 0 Å². The van der Waals surface area contributed by atoms with Crippen molar-refractivity contribution >= 4 is 24.3 Å². The summed E-state index contributed by atoms with van der Waals surface area (Å²) in [5, 5.41) is 17.9. The maximum atomic E-state index is 13.1. The van der Waals surface area contributed by atoms with E-state index in [1.807, 2.05) is 0 Å². The molecule has 0 aliphatic heterocycles. The molecule has 0 saturated carbocycles. The fourth-order valence-corrected chi connectivity index (χ4v) is 2.07. The molecule has 0 spiro atoms. The molecule has 0 radical (unpaired) electrons. The highest BCUT2D eigenvalue weighted by Gasteiger charge is 2.12. The molecule has 0 atom stereocenters. The van der Waals surface area contributed by atoms with Gasteiger partial charge in [-0.1, -0.05) is 6.07 Å². The largest absolute Gasteiger partial charge is 0.488 e. The van der Waals surface area contributed by atoms with Crippen LogP contribution >= 0.6 is 11.8 Å². The van der Waals surface area contributed by atoms with Crippen LogP contribution in [0.25, 0.3) is 0 Å². The third-order valence-electron chi connectivity index (χ3n) is 1.98. The van der Waals surface area contributed by atoms with Crippen LogP contribution in [0.3, 0.4) is 0 Å². The van der Waals surface area contributed by atoms with Crippen molar-refractivity contribution in [2.75, 3.05) is 19.5 Å². The standard InChI is InChI=1S/C10H14BFO3S/c1-15-2-3-16-7-8-4-9(11(13)14)6-10(12)5-8/h4-6,13-14H,2-3,7H2,1H3. The van der Waals surface area contributed by atoms with Gasteiger partial charge in [-0.15, -0.1) is 0 Å². The highest BCUT2D eigenvalue weighted by atomic mass is 32.2. The molecule has 0 amide bonds. The maximum Gasteiger partial charge on any atom is 0.488 e. The van der Waals surface area contributed by atoms with Crippen LogP contribution in [0, 0.1) is 5.82 Å². The zero-order valence-corrected chi connectivity index (χ0v) is 9.84. The summed E-state index contributed by atoms with van der Waals surface area (Å²) >= 11 is 1.61. The number of thioether (sulfide) groups is 1. The second kappa shape index (κ2) is 6.91. The highest BCUT2D eigenvalue weighted by Crippen LogP contribution is 2.12. The van der Waals surface area contributed by atoms with Gasteiger partial charge in [0.25, 0.3) is 0 Å². The Hall–Kier alpha value is -0.555. The third-order valence-corrected chi connectivity index (χ3v) is 2.97. The van der Waals surface area contributed by atoms with Crippen molar-refractivity contribution in [2.45, 2.75) is 5.75 Å². The van der Waals surface area contributed by atoms with Crippen molar-refractivity contribution in [1.82, 2.24) is 0 Å². The van der Waals surface area contributed by atoms with Crippen molar-refractivity contribution in [3.63, 3.8) is 0 Å². The summed E-state index contributed by atoms with van der Waals surface area (Å²) in [7, 11) is 0.00149. The van der Waals surface area contributed by atoms with Crippen LogP contribution in [-0.2, 0) is 10.5 Å². The average Bonchev–Trinajstić information content (AvgIpc) is 2.23. The number of hydrogen-bond acceptors (Lipinski definition) is 4. The van der Waals surface area contributed by atoms with E-state index in [2.05, 4.69) is 0 Å². The van der Waals surface area contributed by atoms with Crippen molar-refractivity contribution in [2.24, 2.45) is 0 Å². The molecule has 1 rings (SSSR count). The first kappa shape index (κ1) is 13.5. The first-order valence-corrected chi connectivity index (χ1v) is 6.01. The number of halogens is 1. The van der Waals surface area contributed by atoms with Gasteiger partial charge >= 0.3 is 7.12 Å². The number of ether oxygens (including phenoxy) is 1. The first-order valence-electron chi connectivity index (χ1n) is 4.85. The normalized spacial score (nSPS) is 10.5. The van der Waals surface area contributed by atoms with Crippen LogP contribution < -0.4 is 5.46 Å². The Labute approximate surface area is 98.8 Å². The lowest BCUT2D eigenvalue weighted by Gasteiger charge is -2.05. The number of benzene rings is 1. The molecule has 0 heterocycles. The molecule has 6 heteroatoms. The molecule has 1 aromatic rings. The van der Waals surface area contributed by atoms with Crippen LogP contribution in [0.15, 0.2) is 18.2 Å². The molecule has 3 nitrogen and oxygen atoms in total. The third kappa shape index (κ3) is 4.53. The fraction of sp³-hybridized carbons (Fsp3) is 0.400. The first-order chi connectivity index (χ1) is 7.63. The van der Waals surface area contributed by atoms with Crippen LogP contribution in [-0.4, -0.2) is 36.6 Å². The number of hydrogen-bond donors (Lipinski definition) is 2. The summed E-state index contributed by atoms with van der Waals surface area (Å²) in [6.45, 7) is 0.648. The van der Waals surface area contributed by atoms with Gasteiger partial charge in [-0.05, 0) is 23.2 Å². The van der Waals surface area contributed by atoms with Crippen LogP contribution in [0.5, 0.6) is 0 Å². The molecular formula is C10H14BFO3S. The summed E-state index contributed by atoms with van der Waals surface area (Å²) in [6.07, 6.45) is 0. The van der Waals surface area contributed by atoms with E-state index in [0.29, 0.717) is 12.4 Å². The molecule has 0 saturated heterocycles. The van der Waals surface area contributed by atoms with Gasteiger partial charge in [0.05, 0.1) is 6.61 Å². The number of methoxy groups -OCH3 is 1. The molecule has 0 aliphatic carbocycles. The summed E-state index contributed by atoms with van der Waals surface area (Å²) in [4.78, 5) is 0. The van der Waals surface area contributed by atoms with Gasteiger partial charge in [-0.2, -0.15) is 11.8 Å². The zero-order valence-electron chi connectivity index (χ0n) is 9.02. The highest BCUT2D eigenvalue weighted by molar-refractivity contribution is 7.98. The molecule has 0 unspecified atom stereocenters. The Morgan fingerprint density at radius 2 is 2.12 bits per heavy atom. The molecule has 1 aromatic carbocycles. The summed E-state index contributed by atoms with van der Waals surface area (Å²) in [5.41, 5.74) is 0.923. The molecule has 2 N–H and O–H groups in total. The summed E-state index contributed by atoms with van der Waals surface area (Å²) in [5.74, 6) is 0.998. The fourth-order valence-electron chi connectivity index (χ4n) is 1.24. The molecule has 0 bridgehead atoms. The van der Waals surface area contributed by atoms with Crippen LogP contribution in [0.1, 0.15) is 5.56 Å². The van der Waals surface area contributed by atoms with E-state index in [0.717, 1.165) is 17.4 Å². The topological polar surface area (TPSA) is 49.7 Å². The van der Waals surface area contributed by atoms with E-state index in [-0.39, 0.29) is 5.46 Å². The van der Waals surface area contributed by atoms with Gasteiger partial charge in [0.15, 0.2) is 0 Å². The predicted molar refractivity (Wildman–Crippen MR) is 64.3 cm³/mol. The maximum absolute atomic E-state index is 13.1. The Morgan fingerprint density at radius 3 is 2.75 bits per heavy atom. The second-order valence-electron chi connectivity index (χ2n) is 3.31. The monoisotopic (exact) mass is 244 g/mol. The van der Waals surface area contributed by atoms with E-state index in [9.17, 15) is 4.39 Å². The Kier molecular flexibility index (Phi) is 5.83. The Bertz CT molecular complexity index is 336. The van der Waals surface area contributed by atoms with Crippen molar-refractivity contribution in [3.05, 3.63) is 29.6 Å². The molecule has 0 aliphatic rings. The van der Waals surface area contributed by atoms with E-state index in [4.69, 9.17) is 14.8 Å². The van der Waals surface area contributed by atoms with Gasteiger partial charge in [-0.3, -0.25) is 0 Å². The SMILES string of the molecule is COCCSCc1cc(F)cc(B(O)O)c1. The Morgan fingerprint density at radius 1 is 1.38 bits per heavy atom. The molecule has 88 valence electrons. The predicted octanol–water partition coefficient (Wildman–Crippen LogP) is 0.385. The molecular weight excluding hydrogens is 230 g/mol. The minimum atomic E-state index is -1.63. The van der Waals surface area contributed by atoms with E-state index in [1.165, 1.54) is 6.07 Å². The molecule has 0 fully saturated rings. The van der Waals surface area contributed by atoms with Crippen LogP contribution in [0.4, 0.5) is 4.39 Å².